The molecule has 1 amide bonds. The van der Waals surface area contributed by atoms with E-state index < -0.39 is 5.97 Å². The van der Waals surface area contributed by atoms with E-state index >= 15 is 0 Å². The molecular weight excluding hydrogens is 550 g/mol. The minimum absolute atomic E-state index is 0.0170. The number of amides is 1. The Morgan fingerprint density at radius 2 is 1.61 bits per heavy atom. The van der Waals surface area contributed by atoms with E-state index in [0.29, 0.717) is 30.2 Å². The van der Waals surface area contributed by atoms with Crippen molar-refractivity contribution in [2.24, 2.45) is 16.3 Å². The van der Waals surface area contributed by atoms with Crippen molar-refractivity contribution in [1.29, 1.82) is 0 Å². The van der Waals surface area contributed by atoms with Crippen molar-refractivity contribution in [2.45, 2.75) is 78.8 Å². The molecule has 1 aliphatic heterocycles. The molecule has 2 fully saturated rings. The van der Waals surface area contributed by atoms with Crippen molar-refractivity contribution in [3.63, 3.8) is 0 Å². The van der Waals surface area contributed by atoms with Crippen LogP contribution in [0, 0.1) is 25.2 Å². The van der Waals surface area contributed by atoms with E-state index in [1.165, 1.54) is 29.5 Å². The minimum atomic E-state index is -0.937. The minimum Gasteiger partial charge on any atom is -0.481 e. The Kier molecular flexibility index (Phi) is 9.42. The summed E-state index contributed by atoms with van der Waals surface area (Å²) in [5.74, 6) is -0.522. The molecule has 44 heavy (non-hydrogen) atoms. The topological polar surface area (TPSA) is 91.2 Å². The third kappa shape index (κ3) is 7.50. The Morgan fingerprint density at radius 1 is 0.932 bits per heavy atom. The van der Waals surface area contributed by atoms with E-state index in [2.05, 4.69) is 81.2 Å². The number of rotatable bonds is 8. The number of nitrogens with one attached hydrogen (secondary N) is 1. The highest BCUT2D eigenvalue weighted by Gasteiger charge is 2.40. The number of hydrogen-bond acceptors (Lipinski definition) is 4. The summed E-state index contributed by atoms with van der Waals surface area (Å²) in [4.78, 5) is 30.8. The summed E-state index contributed by atoms with van der Waals surface area (Å²) in [7, 11) is 0. The van der Waals surface area contributed by atoms with Gasteiger partial charge in [0, 0.05) is 18.2 Å². The van der Waals surface area contributed by atoms with E-state index in [1.54, 1.807) is 0 Å². The molecule has 1 atom stereocenters. The molecule has 232 valence electrons. The van der Waals surface area contributed by atoms with Gasteiger partial charge in [-0.2, -0.15) is 4.99 Å². The molecule has 3 aromatic carbocycles. The lowest BCUT2D eigenvalue weighted by Gasteiger charge is -2.41. The summed E-state index contributed by atoms with van der Waals surface area (Å²) in [5, 5.41) is 11.5. The molecule has 1 aliphatic carbocycles. The molecule has 7 heteroatoms. The van der Waals surface area contributed by atoms with Crippen molar-refractivity contribution in [3.05, 3.63) is 89.0 Å². The first-order chi connectivity index (χ1) is 21.0. The Balaban J connectivity index is 1.41. The van der Waals surface area contributed by atoms with Crippen molar-refractivity contribution >= 4 is 23.6 Å². The molecule has 5 rings (SSSR count). The van der Waals surface area contributed by atoms with Gasteiger partial charge >= 0.3 is 5.97 Å². The number of carboxylic acids is 1. The van der Waals surface area contributed by atoms with Crippen LogP contribution >= 0.6 is 0 Å². The maximum absolute atomic E-state index is 12.5. The number of aliphatic imine (C=N–C) groups is 1. The monoisotopic (exact) mass is 595 g/mol. The summed E-state index contributed by atoms with van der Waals surface area (Å²) < 4.78 is 6.36. The molecule has 0 aromatic heterocycles. The maximum Gasteiger partial charge on any atom is 0.305 e. The maximum atomic E-state index is 12.5. The van der Waals surface area contributed by atoms with Crippen molar-refractivity contribution < 1.29 is 19.4 Å². The molecule has 1 unspecified atom stereocenters. The van der Waals surface area contributed by atoms with Crippen molar-refractivity contribution in [3.8, 4) is 11.1 Å². The number of benzene rings is 3. The fourth-order valence-electron chi connectivity index (χ4n) is 6.67. The van der Waals surface area contributed by atoms with Crippen molar-refractivity contribution in [1.82, 2.24) is 10.2 Å². The van der Waals surface area contributed by atoms with Crippen LogP contribution in [0.1, 0.15) is 86.0 Å². The van der Waals surface area contributed by atoms with Crippen LogP contribution in [-0.2, 0) is 9.53 Å². The standard InChI is InChI=1S/C37H45N3O4/c1-24-19-25(2)21-29(20-24)28-7-6-8-31(22-28)39-36-40(32-15-13-30(14-16-32)37(3,4)5)33(23-44-36)26-9-11-27(12-10-26)35(43)38-18-17-34(41)42/h6-12,19-22,30,32-33H,13-18,23H2,1-5H3,(H,38,43)(H,41,42). The van der Waals surface area contributed by atoms with E-state index in [1.807, 2.05) is 30.3 Å². The zero-order valence-corrected chi connectivity index (χ0v) is 26.6. The largest absolute Gasteiger partial charge is 0.481 e. The fraction of sp³-hybridized carbons (Fsp3) is 0.432. The van der Waals surface area contributed by atoms with Crippen LogP contribution in [0.15, 0.2) is 71.7 Å². The first-order valence-electron chi connectivity index (χ1n) is 15.8. The smallest absolute Gasteiger partial charge is 0.305 e. The predicted octanol–water partition coefficient (Wildman–Crippen LogP) is 7.84. The van der Waals surface area contributed by atoms with E-state index in [4.69, 9.17) is 14.8 Å². The van der Waals surface area contributed by atoms with Gasteiger partial charge in [-0.05, 0) is 91.8 Å². The molecule has 2 aliphatic rings. The molecule has 1 saturated carbocycles. The van der Waals surface area contributed by atoms with Gasteiger partial charge in [0.05, 0.1) is 18.2 Å². The lowest BCUT2D eigenvalue weighted by molar-refractivity contribution is -0.136. The second-order valence-electron chi connectivity index (χ2n) is 13.4. The first kappa shape index (κ1) is 31.3. The average Bonchev–Trinajstić information content (AvgIpc) is 3.39. The number of carboxylic acid groups (broad SMARTS) is 1. The average molecular weight is 596 g/mol. The molecule has 0 spiro atoms. The quantitative estimate of drug-likeness (QED) is 0.277. The van der Waals surface area contributed by atoms with Gasteiger partial charge in [-0.15, -0.1) is 0 Å². The summed E-state index contributed by atoms with van der Waals surface area (Å²) in [6, 6.07) is 23.5. The Bertz CT molecular complexity index is 1490. The van der Waals surface area contributed by atoms with Crippen LogP contribution in [0.4, 0.5) is 5.69 Å². The van der Waals surface area contributed by atoms with E-state index in [9.17, 15) is 9.59 Å². The molecule has 0 bridgehead atoms. The second-order valence-corrected chi connectivity index (χ2v) is 13.4. The van der Waals surface area contributed by atoms with Crippen LogP contribution in [0.2, 0.25) is 0 Å². The predicted molar refractivity (Wildman–Crippen MR) is 175 cm³/mol. The summed E-state index contributed by atoms with van der Waals surface area (Å²) in [6.45, 7) is 11.9. The lowest BCUT2D eigenvalue weighted by Crippen LogP contribution is -2.42. The zero-order chi connectivity index (χ0) is 31.4. The van der Waals surface area contributed by atoms with Crippen LogP contribution in [0.5, 0.6) is 0 Å². The first-order valence-corrected chi connectivity index (χ1v) is 15.8. The number of carbonyl (C=O) groups excluding carboxylic acids is 1. The molecule has 1 saturated heterocycles. The molecule has 0 radical (unpaired) electrons. The van der Waals surface area contributed by atoms with Gasteiger partial charge in [0.1, 0.15) is 6.61 Å². The van der Waals surface area contributed by atoms with Gasteiger partial charge < -0.3 is 20.1 Å². The van der Waals surface area contributed by atoms with Gasteiger partial charge in [-0.25, -0.2) is 0 Å². The summed E-state index contributed by atoms with van der Waals surface area (Å²) in [6.07, 6.45) is 4.39. The number of aryl methyl sites for hydroxylation is 2. The van der Waals surface area contributed by atoms with E-state index in [-0.39, 0.29) is 30.3 Å². The Hall–Kier alpha value is -4.13. The van der Waals surface area contributed by atoms with Crippen molar-refractivity contribution in [2.75, 3.05) is 13.2 Å². The molecule has 7 nitrogen and oxygen atoms in total. The number of ether oxygens (including phenoxy) is 1. The highest BCUT2D eigenvalue weighted by molar-refractivity contribution is 5.94. The Labute approximate surface area is 261 Å². The Morgan fingerprint density at radius 3 is 2.25 bits per heavy atom. The second kappa shape index (κ2) is 13.2. The molecular formula is C37H45N3O4. The third-order valence-electron chi connectivity index (χ3n) is 9.05. The highest BCUT2D eigenvalue weighted by atomic mass is 16.5. The number of hydrogen-bond donors (Lipinski definition) is 2. The fourth-order valence-corrected chi connectivity index (χ4v) is 6.67. The third-order valence-corrected chi connectivity index (χ3v) is 9.05. The van der Waals surface area contributed by atoms with Gasteiger partial charge in [0.2, 0.25) is 0 Å². The summed E-state index contributed by atoms with van der Waals surface area (Å²) >= 11 is 0. The zero-order valence-electron chi connectivity index (χ0n) is 26.6. The number of amidine groups is 1. The number of carbonyl (C=O) groups is 2. The van der Waals surface area contributed by atoms with Crippen LogP contribution in [0.3, 0.4) is 0 Å². The lowest BCUT2D eigenvalue weighted by atomic mass is 9.71. The highest BCUT2D eigenvalue weighted by Crippen LogP contribution is 2.42. The molecule has 1 heterocycles. The molecule has 2 N–H and O–H groups in total. The van der Waals surface area contributed by atoms with Gasteiger partial charge in [0.15, 0.2) is 0 Å². The number of nitrogens with zero attached hydrogens (tertiary/aromatic N) is 2. The van der Waals surface area contributed by atoms with Gasteiger partial charge in [-0.1, -0.05) is 74.4 Å². The SMILES string of the molecule is Cc1cc(C)cc(-c2cccc(N=C3OCC(c4ccc(C(=O)NCCC(=O)O)cc4)N3C3CCC(C(C)(C)C)CC3)c2)c1. The normalized spacial score (nSPS) is 21.2. The number of aliphatic carboxylic acids is 1. The summed E-state index contributed by atoms with van der Waals surface area (Å²) in [5.41, 5.74) is 7.50. The van der Waals surface area contributed by atoms with Gasteiger partial charge in [0.25, 0.3) is 11.9 Å². The van der Waals surface area contributed by atoms with E-state index in [0.717, 1.165) is 29.7 Å². The van der Waals surface area contributed by atoms with Gasteiger partial charge in [-0.3, -0.25) is 9.59 Å². The molecule has 3 aromatic rings. The van der Waals surface area contributed by atoms with Crippen LogP contribution < -0.4 is 5.32 Å². The van der Waals surface area contributed by atoms with Crippen LogP contribution in [-0.4, -0.2) is 47.1 Å². The van der Waals surface area contributed by atoms with Crippen LogP contribution in [0.25, 0.3) is 11.1 Å².